The van der Waals surface area contributed by atoms with Crippen molar-refractivity contribution in [2.75, 3.05) is 20.3 Å². The molecule has 1 amide bonds. The van der Waals surface area contributed by atoms with E-state index in [2.05, 4.69) is 31.3 Å². The van der Waals surface area contributed by atoms with Crippen molar-refractivity contribution in [1.82, 2.24) is 5.32 Å². The Morgan fingerprint density at radius 1 is 1.33 bits per heavy atom. The Morgan fingerprint density at radius 2 is 2.15 bits per heavy atom. The molecule has 144 valence electrons. The molecule has 0 fully saturated rings. The van der Waals surface area contributed by atoms with Crippen LogP contribution < -0.4 is 14.8 Å². The van der Waals surface area contributed by atoms with Crippen molar-refractivity contribution in [2.45, 2.75) is 39.5 Å². The van der Waals surface area contributed by atoms with Crippen molar-refractivity contribution >= 4 is 5.91 Å². The number of hydrogen-bond acceptors (Lipinski definition) is 4. The highest BCUT2D eigenvalue weighted by Crippen LogP contribution is 2.28. The average Bonchev–Trinajstić information content (AvgIpc) is 2.66. The summed E-state index contributed by atoms with van der Waals surface area (Å²) in [6.45, 7) is 5.06. The van der Waals surface area contributed by atoms with Gasteiger partial charge in [-0.15, -0.1) is 0 Å². The van der Waals surface area contributed by atoms with E-state index in [1.807, 2.05) is 12.1 Å². The Balaban J connectivity index is 1.76. The van der Waals surface area contributed by atoms with Gasteiger partial charge in [0.15, 0.2) is 18.1 Å². The first-order valence-electron chi connectivity index (χ1n) is 9.33. The minimum absolute atomic E-state index is 0.00974. The molecular formula is C22H28N2O3. The molecule has 27 heavy (non-hydrogen) atoms. The van der Waals surface area contributed by atoms with Gasteiger partial charge in [0.1, 0.15) is 6.07 Å². The zero-order chi connectivity index (χ0) is 19.6. The first kappa shape index (κ1) is 20.6. The molecule has 0 saturated heterocycles. The van der Waals surface area contributed by atoms with Crippen LogP contribution in [-0.2, 0) is 11.2 Å². The molecule has 0 bridgehead atoms. The van der Waals surface area contributed by atoms with Crippen LogP contribution in [0.5, 0.6) is 11.5 Å². The molecule has 1 N–H and O–H groups in total. The number of nitrogens with one attached hydrogen (secondary N) is 1. The fraction of sp³-hybridized carbons (Fsp3) is 0.455. The summed E-state index contributed by atoms with van der Waals surface area (Å²) in [7, 11) is 1.54. The fourth-order valence-corrected chi connectivity index (χ4v) is 3.06. The minimum atomic E-state index is -0.0409. The molecule has 0 radical (unpaired) electrons. The van der Waals surface area contributed by atoms with Gasteiger partial charge in [-0.2, -0.15) is 5.26 Å². The Labute approximate surface area is 161 Å². The molecule has 5 heteroatoms. The maximum atomic E-state index is 12.2. The Bertz CT molecular complexity index is 759. The van der Waals surface area contributed by atoms with Crippen LogP contribution in [0, 0.1) is 17.2 Å². The second-order valence-corrected chi connectivity index (χ2v) is 6.90. The normalized spacial score (nSPS) is 16.0. The highest BCUT2D eigenvalue weighted by molar-refractivity contribution is 5.78. The smallest absolute Gasteiger partial charge is 0.224 e. The molecule has 0 aliphatic heterocycles. The van der Waals surface area contributed by atoms with Crippen LogP contribution in [0.3, 0.4) is 0 Å². The lowest BCUT2D eigenvalue weighted by atomic mass is 9.88. The quantitative estimate of drug-likeness (QED) is 0.670. The van der Waals surface area contributed by atoms with E-state index >= 15 is 0 Å². The standard InChI is InChI=1S/C22H28N2O3/c1-16-6-7-18(13-17(16)2)5-4-11-24-22(25)15-19-8-9-20(27-12-10-23)21(14-19)26-3/h6-9,14,17H,4-5,11-13,15H2,1-3H3,(H,24,25). The van der Waals surface area contributed by atoms with Crippen LogP contribution in [0.1, 0.15) is 38.7 Å². The topological polar surface area (TPSA) is 71.3 Å². The van der Waals surface area contributed by atoms with Crippen LogP contribution in [0.2, 0.25) is 0 Å². The first-order valence-corrected chi connectivity index (χ1v) is 9.33. The summed E-state index contributed by atoms with van der Waals surface area (Å²) in [6, 6.07) is 7.24. The number of carbonyl (C=O) groups excluding carboxylic acids is 1. The number of amides is 1. The minimum Gasteiger partial charge on any atom is -0.493 e. The number of benzene rings is 1. The summed E-state index contributed by atoms with van der Waals surface area (Å²) in [5, 5.41) is 11.6. The highest BCUT2D eigenvalue weighted by Gasteiger charge is 2.12. The second kappa shape index (κ2) is 10.4. The SMILES string of the molecule is COc1cc(CC(=O)NCCCC2=CC=C(C)C(C)C2)ccc1OCC#N. The summed E-state index contributed by atoms with van der Waals surface area (Å²) >= 11 is 0. The van der Waals surface area contributed by atoms with Crippen molar-refractivity contribution < 1.29 is 14.3 Å². The molecule has 1 atom stereocenters. The van der Waals surface area contributed by atoms with Crippen molar-refractivity contribution in [3.8, 4) is 17.6 Å². The molecule has 1 aromatic carbocycles. The van der Waals surface area contributed by atoms with Crippen molar-refractivity contribution in [3.63, 3.8) is 0 Å². The van der Waals surface area contributed by atoms with Gasteiger partial charge >= 0.3 is 0 Å². The maximum Gasteiger partial charge on any atom is 0.224 e. The molecule has 1 unspecified atom stereocenters. The molecule has 0 saturated carbocycles. The van der Waals surface area contributed by atoms with Crippen molar-refractivity contribution in [2.24, 2.45) is 5.92 Å². The van der Waals surface area contributed by atoms with E-state index in [0.29, 0.717) is 24.0 Å². The largest absolute Gasteiger partial charge is 0.493 e. The monoisotopic (exact) mass is 368 g/mol. The van der Waals surface area contributed by atoms with E-state index in [0.717, 1.165) is 24.8 Å². The summed E-state index contributed by atoms with van der Waals surface area (Å²) in [6.07, 6.45) is 7.81. The third kappa shape index (κ3) is 6.49. The van der Waals surface area contributed by atoms with Gasteiger partial charge in [-0.05, 0) is 49.8 Å². The number of nitriles is 1. The van der Waals surface area contributed by atoms with Gasteiger partial charge in [-0.3, -0.25) is 4.79 Å². The number of carbonyl (C=O) groups is 1. The number of nitrogens with zero attached hydrogens (tertiary/aromatic N) is 1. The lowest BCUT2D eigenvalue weighted by Crippen LogP contribution is -2.26. The first-order chi connectivity index (χ1) is 13.0. The zero-order valence-corrected chi connectivity index (χ0v) is 16.4. The maximum absolute atomic E-state index is 12.2. The number of ether oxygens (including phenoxy) is 2. The third-order valence-corrected chi connectivity index (χ3v) is 4.81. The average molecular weight is 368 g/mol. The van der Waals surface area contributed by atoms with Crippen LogP contribution in [0.15, 0.2) is 41.5 Å². The van der Waals surface area contributed by atoms with E-state index < -0.39 is 0 Å². The number of rotatable bonds is 9. The molecule has 0 heterocycles. The Hall–Kier alpha value is -2.74. The van der Waals surface area contributed by atoms with Gasteiger partial charge in [0.2, 0.25) is 5.91 Å². The summed E-state index contributed by atoms with van der Waals surface area (Å²) < 4.78 is 10.6. The third-order valence-electron chi connectivity index (χ3n) is 4.81. The van der Waals surface area contributed by atoms with E-state index in [1.165, 1.54) is 18.3 Å². The van der Waals surface area contributed by atoms with Crippen molar-refractivity contribution in [3.05, 3.63) is 47.1 Å². The van der Waals surface area contributed by atoms with Gasteiger partial charge in [0, 0.05) is 6.54 Å². The van der Waals surface area contributed by atoms with E-state index in [9.17, 15) is 4.79 Å². The lowest BCUT2D eigenvalue weighted by molar-refractivity contribution is -0.120. The molecule has 1 aliphatic rings. The van der Waals surface area contributed by atoms with Crippen LogP contribution in [0.25, 0.3) is 0 Å². The van der Waals surface area contributed by atoms with Gasteiger partial charge in [0.25, 0.3) is 0 Å². The molecular weight excluding hydrogens is 340 g/mol. The molecule has 1 aliphatic carbocycles. The summed E-state index contributed by atoms with van der Waals surface area (Å²) in [4.78, 5) is 12.2. The molecule has 0 spiro atoms. The summed E-state index contributed by atoms with van der Waals surface area (Å²) in [5.74, 6) is 1.64. The van der Waals surface area contributed by atoms with Gasteiger partial charge in [-0.25, -0.2) is 0 Å². The van der Waals surface area contributed by atoms with Crippen molar-refractivity contribution in [1.29, 1.82) is 5.26 Å². The van der Waals surface area contributed by atoms with Crippen LogP contribution in [0.4, 0.5) is 0 Å². The molecule has 1 aromatic rings. The van der Waals surface area contributed by atoms with Gasteiger partial charge in [0.05, 0.1) is 13.5 Å². The van der Waals surface area contributed by atoms with E-state index in [4.69, 9.17) is 14.7 Å². The molecule has 2 rings (SSSR count). The van der Waals surface area contributed by atoms with E-state index in [1.54, 1.807) is 12.1 Å². The van der Waals surface area contributed by atoms with Gasteiger partial charge in [-0.1, -0.05) is 36.3 Å². The fourth-order valence-electron chi connectivity index (χ4n) is 3.06. The molecule has 0 aromatic heterocycles. The Kier molecular flexibility index (Phi) is 7.94. The number of methoxy groups -OCH3 is 1. The Morgan fingerprint density at radius 3 is 2.85 bits per heavy atom. The zero-order valence-electron chi connectivity index (χ0n) is 16.4. The summed E-state index contributed by atoms with van der Waals surface area (Å²) in [5.41, 5.74) is 3.74. The van der Waals surface area contributed by atoms with Crippen LogP contribution >= 0.6 is 0 Å². The predicted octanol–water partition coefficient (Wildman–Crippen LogP) is 3.95. The number of allylic oxidation sites excluding steroid dienone is 4. The highest BCUT2D eigenvalue weighted by atomic mass is 16.5. The second-order valence-electron chi connectivity index (χ2n) is 6.90. The number of hydrogen-bond donors (Lipinski definition) is 1. The van der Waals surface area contributed by atoms with Crippen LogP contribution in [-0.4, -0.2) is 26.2 Å². The lowest BCUT2D eigenvalue weighted by Gasteiger charge is -2.19. The van der Waals surface area contributed by atoms with E-state index in [-0.39, 0.29) is 18.9 Å². The molecule has 5 nitrogen and oxygen atoms in total. The predicted molar refractivity (Wildman–Crippen MR) is 106 cm³/mol. The van der Waals surface area contributed by atoms with Gasteiger partial charge < -0.3 is 14.8 Å².